The average molecular weight is 372 g/mol. The van der Waals surface area contributed by atoms with E-state index < -0.39 is 16.0 Å². The minimum atomic E-state index is -3.92. The van der Waals surface area contributed by atoms with Crippen molar-refractivity contribution in [1.29, 1.82) is 0 Å². The third-order valence-electron chi connectivity index (χ3n) is 3.80. The lowest BCUT2D eigenvalue weighted by Crippen LogP contribution is -2.14. The number of carboxylic acids is 1. The number of aromatic nitrogens is 1. The molecule has 0 aliphatic rings. The first-order chi connectivity index (χ1) is 12.3. The first-order valence-electron chi connectivity index (χ1n) is 7.62. The lowest BCUT2D eigenvalue weighted by atomic mass is 10.1. The Morgan fingerprint density at radius 3 is 2.42 bits per heavy atom. The molecule has 0 fully saturated rings. The van der Waals surface area contributed by atoms with Gasteiger partial charge in [0.2, 0.25) is 0 Å². The molecule has 2 aromatic carbocycles. The van der Waals surface area contributed by atoms with E-state index in [-0.39, 0.29) is 16.1 Å². The van der Waals surface area contributed by atoms with Crippen molar-refractivity contribution in [2.45, 2.75) is 11.8 Å². The molecule has 3 aromatic rings. The van der Waals surface area contributed by atoms with Gasteiger partial charge in [-0.15, -0.1) is 0 Å². The smallest absolute Gasteiger partial charge is 0.335 e. The van der Waals surface area contributed by atoms with Crippen LogP contribution in [0.15, 0.2) is 53.4 Å². The van der Waals surface area contributed by atoms with E-state index in [0.717, 1.165) is 11.1 Å². The van der Waals surface area contributed by atoms with Crippen molar-refractivity contribution in [3.05, 3.63) is 59.8 Å². The number of nitrogens with zero attached hydrogens (tertiary/aromatic N) is 1. The van der Waals surface area contributed by atoms with Crippen molar-refractivity contribution in [2.24, 2.45) is 0 Å². The van der Waals surface area contributed by atoms with Gasteiger partial charge in [0.05, 0.1) is 28.8 Å². The number of hydrogen-bond acceptors (Lipinski definition) is 5. The van der Waals surface area contributed by atoms with Crippen LogP contribution in [0.1, 0.15) is 16.1 Å². The van der Waals surface area contributed by atoms with Crippen LogP contribution >= 0.6 is 0 Å². The van der Waals surface area contributed by atoms with E-state index in [1.807, 2.05) is 19.1 Å². The SMILES string of the molecule is COc1cc(NS(=O)(=O)c2ccc(C(=O)O)cc2)c2nc(C)ccc2c1. The summed E-state index contributed by atoms with van der Waals surface area (Å²) in [7, 11) is -2.43. The van der Waals surface area contributed by atoms with Gasteiger partial charge in [0.25, 0.3) is 10.0 Å². The normalized spacial score (nSPS) is 11.3. The van der Waals surface area contributed by atoms with Crippen LogP contribution in [0, 0.1) is 6.92 Å². The van der Waals surface area contributed by atoms with E-state index in [0.29, 0.717) is 11.3 Å². The van der Waals surface area contributed by atoms with E-state index in [9.17, 15) is 13.2 Å². The molecule has 0 bridgehead atoms. The van der Waals surface area contributed by atoms with Crippen LogP contribution in [0.25, 0.3) is 10.9 Å². The van der Waals surface area contributed by atoms with Gasteiger partial charge in [0, 0.05) is 17.1 Å². The number of aryl methyl sites for hydroxylation is 1. The summed E-state index contributed by atoms with van der Waals surface area (Å²) in [5.41, 5.74) is 1.53. The summed E-state index contributed by atoms with van der Waals surface area (Å²) in [6, 6.07) is 11.9. The van der Waals surface area contributed by atoms with Crippen molar-refractivity contribution in [3.63, 3.8) is 0 Å². The Morgan fingerprint density at radius 1 is 1.12 bits per heavy atom. The first-order valence-corrected chi connectivity index (χ1v) is 9.10. The number of benzene rings is 2. The highest BCUT2D eigenvalue weighted by molar-refractivity contribution is 7.92. The Bertz CT molecular complexity index is 1090. The number of carbonyl (C=O) groups is 1. The Morgan fingerprint density at radius 2 is 1.81 bits per heavy atom. The molecule has 0 unspecified atom stereocenters. The third kappa shape index (κ3) is 3.45. The molecule has 2 N–H and O–H groups in total. The summed E-state index contributed by atoms with van der Waals surface area (Å²) in [5.74, 6) is -0.637. The second-order valence-electron chi connectivity index (χ2n) is 5.63. The van der Waals surface area contributed by atoms with Gasteiger partial charge in [-0.1, -0.05) is 6.07 Å². The summed E-state index contributed by atoms with van der Waals surface area (Å²) < 4.78 is 33.1. The third-order valence-corrected chi connectivity index (χ3v) is 5.18. The predicted molar refractivity (Wildman–Crippen MR) is 97.2 cm³/mol. The van der Waals surface area contributed by atoms with Crippen molar-refractivity contribution < 1.29 is 23.1 Å². The van der Waals surface area contributed by atoms with Crippen LogP contribution in [-0.4, -0.2) is 31.6 Å². The van der Waals surface area contributed by atoms with E-state index in [2.05, 4.69) is 9.71 Å². The molecule has 1 aromatic heterocycles. The van der Waals surface area contributed by atoms with E-state index in [1.165, 1.54) is 31.4 Å². The fourth-order valence-electron chi connectivity index (χ4n) is 2.48. The Labute approximate surface area is 150 Å². The fraction of sp³-hybridized carbons (Fsp3) is 0.111. The molecule has 7 nitrogen and oxygen atoms in total. The Hall–Kier alpha value is -3.13. The minimum Gasteiger partial charge on any atom is -0.497 e. The maximum atomic E-state index is 12.7. The van der Waals surface area contributed by atoms with Gasteiger partial charge >= 0.3 is 5.97 Å². The highest BCUT2D eigenvalue weighted by Crippen LogP contribution is 2.30. The number of anilines is 1. The molecule has 0 amide bonds. The van der Waals surface area contributed by atoms with Crippen molar-refractivity contribution >= 4 is 32.6 Å². The largest absolute Gasteiger partial charge is 0.497 e. The maximum Gasteiger partial charge on any atom is 0.335 e. The molecule has 0 atom stereocenters. The molecule has 134 valence electrons. The molecule has 0 saturated heterocycles. The van der Waals surface area contributed by atoms with Gasteiger partial charge in [-0.3, -0.25) is 9.71 Å². The van der Waals surface area contributed by atoms with E-state index in [4.69, 9.17) is 9.84 Å². The number of nitrogens with one attached hydrogen (secondary N) is 1. The van der Waals surface area contributed by atoms with E-state index >= 15 is 0 Å². The van der Waals surface area contributed by atoms with Crippen LogP contribution in [0.5, 0.6) is 5.75 Å². The lowest BCUT2D eigenvalue weighted by Gasteiger charge is -2.13. The standard InChI is InChI=1S/C18H16N2O5S/c1-11-3-4-13-9-14(25-2)10-16(17(13)19-11)20-26(23,24)15-7-5-12(6-8-15)18(21)22/h3-10,20H,1-2H3,(H,21,22). The topological polar surface area (TPSA) is 106 Å². The van der Waals surface area contributed by atoms with Crippen molar-refractivity contribution in [3.8, 4) is 5.75 Å². The maximum absolute atomic E-state index is 12.7. The second kappa shape index (κ2) is 6.64. The van der Waals surface area contributed by atoms with Gasteiger partial charge in [-0.2, -0.15) is 0 Å². The molecule has 0 aliphatic carbocycles. The molecule has 0 spiro atoms. The lowest BCUT2D eigenvalue weighted by molar-refractivity contribution is 0.0696. The van der Waals surface area contributed by atoms with Gasteiger partial charge in [-0.05, 0) is 43.3 Å². The molecule has 0 radical (unpaired) electrons. The molecule has 3 rings (SSSR count). The fourth-order valence-corrected chi connectivity index (χ4v) is 3.54. The van der Waals surface area contributed by atoms with Gasteiger partial charge in [0.15, 0.2) is 0 Å². The summed E-state index contributed by atoms with van der Waals surface area (Å²) in [5, 5.41) is 9.66. The molecule has 26 heavy (non-hydrogen) atoms. The molecule has 0 saturated carbocycles. The molecular formula is C18H16N2O5S. The molecule has 0 aliphatic heterocycles. The van der Waals surface area contributed by atoms with Crippen LogP contribution in [0.3, 0.4) is 0 Å². The molecular weight excluding hydrogens is 356 g/mol. The van der Waals surface area contributed by atoms with Crippen LogP contribution < -0.4 is 9.46 Å². The number of carboxylic acid groups (broad SMARTS) is 1. The van der Waals surface area contributed by atoms with Gasteiger partial charge < -0.3 is 9.84 Å². The van der Waals surface area contributed by atoms with Crippen molar-refractivity contribution in [1.82, 2.24) is 4.98 Å². The van der Waals surface area contributed by atoms with Crippen LogP contribution in [-0.2, 0) is 10.0 Å². The highest BCUT2D eigenvalue weighted by Gasteiger charge is 2.18. The predicted octanol–water partition coefficient (Wildman–Crippen LogP) is 3.05. The Balaban J connectivity index is 2.06. The number of pyridine rings is 1. The highest BCUT2D eigenvalue weighted by atomic mass is 32.2. The molecule has 8 heteroatoms. The van der Waals surface area contributed by atoms with Gasteiger partial charge in [0.1, 0.15) is 5.75 Å². The van der Waals surface area contributed by atoms with Crippen LogP contribution in [0.2, 0.25) is 0 Å². The zero-order valence-corrected chi connectivity index (χ0v) is 14.9. The summed E-state index contributed by atoms with van der Waals surface area (Å²) in [4.78, 5) is 15.3. The number of methoxy groups -OCH3 is 1. The van der Waals surface area contributed by atoms with E-state index in [1.54, 1.807) is 12.1 Å². The monoisotopic (exact) mass is 372 g/mol. The number of rotatable bonds is 5. The molecule has 1 heterocycles. The average Bonchev–Trinajstić information content (AvgIpc) is 2.61. The minimum absolute atomic E-state index is 0.00747. The Kier molecular flexibility index (Phi) is 4.52. The second-order valence-corrected chi connectivity index (χ2v) is 7.32. The van der Waals surface area contributed by atoms with Gasteiger partial charge in [-0.25, -0.2) is 13.2 Å². The number of fused-ring (bicyclic) bond motifs is 1. The summed E-state index contributed by atoms with van der Waals surface area (Å²) >= 11 is 0. The zero-order chi connectivity index (χ0) is 18.9. The summed E-state index contributed by atoms with van der Waals surface area (Å²) in [6.07, 6.45) is 0. The summed E-state index contributed by atoms with van der Waals surface area (Å²) in [6.45, 7) is 1.81. The van der Waals surface area contributed by atoms with Crippen LogP contribution in [0.4, 0.5) is 5.69 Å². The quantitative estimate of drug-likeness (QED) is 0.713. The zero-order valence-electron chi connectivity index (χ0n) is 14.1. The number of ether oxygens (including phenoxy) is 1. The van der Waals surface area contributed by atoms with Crippen molar-refractivity contribution in [2.75, 3.05) is 11.8 Å². The number of sulfonamides is 1. The first kappa shape index (κ1) is 17.7. The number of hydrogen-bond donors (Lipinski definition) is 2. The number of aromatic carboxylic acids is 1.